The first-order valence-electron chi connectivity index (χ1n) is 9.08. The number of likely N-dealkylation sites (tertiary alicyclic amines) is 1. The van der Waals surface area contributed by atoms with Crippen LogP contribution < -0.4 is 5.32 Å². The molecule has 2 amide bonds. The molecule has 0 radical (unpaired) electrons. The highest BCUT2D eigenvalue weighted by Gasteiger charge is 2.32. The number of nitrogens with zero attached hydrogens (tertiary/aromatic N) is 1. The molecule has 1 aliphatic carbocycles. The van der Waals surface area contributed by atoms with Crippen LogP contribution in [0.4, 0.5) is 4.79 Å². The number of nitrogens with one attached hydrogen (secondary N) is 1. The van der Waals surface area contributed by atoms with Gasteiger partial charge in [0.15, 0.2) is 0 Å². The number of benzene rings is 1. The van der Waals surface area contributed by atoms with Crippen LogP contribution in [0.15, 0.2) is 24.3 Å². The first-order valence-corrected chi connectivity index (χ1v) is 9.45. The fourth-order valence-corrected chi connectivity index (χ4v) is 4.19. The monoisotopic (exact) mass is 364 g/mol. The van der Waals surface area contributed by atoms with E-state index in [0.29, 0.717) is 12.8 Å². The van der Waals surface area contributed by atoms with Gasteiger partial charge in [0.1, 0.15) is 0 Å². The Bertz CT molecular complexity index is 629. The van der Waals surface area contributed by atoms with Gasteiger partial charge in [-0.05, 0) is 56.6 Å². The van der Waals surface area contributed by atoms with Crippen LogP contribution in [-0.4, -0.2) is 40.6 Å². The van der Waals surface area contributed by atoms with Crippen LogP contribution in [0.2, 0.25) is 5.02 Å². The lowest BCUT2D eigenvalue weighted by atomic mass is 9.86. The summed E-state index contributed by atoms with van der Waals surface area (Å²) in [5.41, 5.74) is 1.08. The zero-order valence-electron chi connectivity index (χ0n) is 14.3. The predicted molar refractivity (Wildman–Crippen MR) is 96.8 cm³/mol. The zero-order chi connectivity index (χ0) is 17.8. The van der Waals surface area contributed by atoms with Crippen molar-refractivity contribution >= 4 is 23.6 Å². The number of carboxylic acid groups (broad SMARTS) is 1. The van der Waals surface area contributed by atoms with Crippen molar-refractivity contribution in [2.75, 3.05) is 6.54 Å². The fraction of sp³-hybridized carbons (Fsp3) is 0.579. The van der Waals surface area contributed by atoms with Gasteiger partial charge in [0, 0.05) is 23.7 Å². The highest BCUT2D eigenvalue weighted by Crippen LogP contribution is 2.27. The van der Waals surface area contributed by atoms with E-state index in [1.807, 2.05) is 29.2 Å². The van der Waals surface area contributed by atoms with Gasteiger partial charge in [0.05, 0.1) is 5.92 Å². The molecule has 6 heteroatoms. The summed E-state index contributed by atoms with van der Waals surface area (Å²) in [6.07, 6.45) is 5.54. The van der Waals surface area contributed by atoms with Crippen molar-refractivity contribution in [2.24, 2.45) is 5.92 Å². The average molecular weight is 365 g/mol. The third-order valence-electron chi connectivity index (χ3n) is 5.46. The summed E-state index contributed by atoms with van der Waals surface area (Å²) in [5.74, 6) is -0.975. The smallest absolute Gasteiger partial charge is 0.317 e. The summed E-state index contributed by atoms with van der Waals surface area (Å²) in [6, 6.07) is 8.04. The van der Waals surface area contributed by atoms with E-state index in [9.17, 15) is 9.59 Å². The lowest BCUT2D eigenvalue weighted by Crippen LogP contribution is -2.48. The number of halogens is 1. The van der Waals surface area contributed by atoms with Crippen molar-refractivity contribution in [3.63, 3.8) is 0 Å². The molecular weight excluding hydrogens is 340 g/mol. The molecule has 0 aromatic heterocycles. The Balaban J connectivity index is 1.54. The van der Waals surface area contributed by atoms with Crippen LogP contribution in [0.5, 0.6) is 0 Å². The van der Waals surface area contributed by atoms with Crippen LogP contribution in [0.3, 0.4) is 0 Å². The highest BCUT2D eigenvalue weighted by atomic mass is 35.5. The van der Waals surface area contributed by atoms with Crippen LogP contribution in [0.1, 0.15) is 44.1 Å². The van der Waals surface area contributed by atoms with Gasteiger partial charge in [-0.25, -0.2) is 4.79 Å². The van der Waals surface area contributed by atoms with Crippen molar-refractivity contribution in [2.45, 2.75) is 57.0 Å². The largest absolute Gasteiger partial charge is 0.481 e. The second-order valence-electron chi connectivity index (χ2n) is 7.12. The summed E-state index contributed by atoms with van der Waals surface area (Å²) in [7, 11) is 0. The van der Waals surface area contributed by atoms with Crippen LogP contribution in [0.25, 0.3) is 0 Å². The number of amides is 2. The minimum atomic E-state index is -0.718. The molecule has 1 atom stereocenters. The fourth-order valence-electron chi connectivity index (χ4n) is 3.98. The zero-order valence-corrected chi connectivity index (χ0v) is 15.0. The minimum Gasteiger partial charge on any atom is -0.481 e. The summed E-state index contributed by atoms with van der Waals surface area (Å²) >= 11 is 6.26. The molecule has 2 fully saturated rings. The lowest BCUT2D eigenvalue weighted by molar-refractivity contribution is -0.142. The van der Waals surface area contributed by atoms with Crippen LogP contribution in [0, 0.1) is 5.92 Å². The molecule has 5 nitrogen and oxygen atoms in total. The molecule has 1 aromatic carbocycles. The van der Waals surface area contributed by atoms with Gasteiger partial charge in [-0.3, -0.25) is 4.79 Å². The van der Waals surface area contributed by atoms with Crippen molar-refractivity contribution in [1.82, 2.24) is 10.2 Å². The van der Waals surface area contributed by atoms with Gasteiger partial charge in [-0.15, -0.1) is 0 Å². The Morgan fingerprint density at radius 1 is 1.16 bits per heavy atom. The number of urea groups is 1. The maximum Gasteiger partial charge on any atom is 0.317 e. The van der Waals surface area contributed by atoms with Crippen molar-refractivity contribution in [3.05, 3.63) is 34.9 Å². The van der Waals surface area contributed by atoms with E-state index >= 15 is 0 Å². The van der Waals surface area contributed by atoms with Gasteiger partial charge >= 0.3 is 12.0 Å². The second kappa shape index (κ2) is 8.09. The molecule has 136 valence electrons. The topological polar surface area (TPSA) is 69.6 Å². The van der Waals surface area contributed by atoms with Crippen molar-refractivity contribution < 1.29 is 14.7 Å². The Morgan fingerprint density at radius 3 is 2.56 bits per heavy atom. The molecule has 1 aromatic rings. The molecule has 1 aliphatic heterocycles. The SMILES string of the molecule is O=C(O)C1CCC(NC(=O)N2CCCC2Cc2ccccc2Cl)CC1. The second-order valence-corrected chi connectivity index (χ2v) is 7.53. The number of hydrogen-bond donors (Lipinski definition) is 2. The molecule has 2 N–H and O–H groups in total. The molecule has 0 bridgehead atoms. The molecule has 1 unspecified atom stereocenters. The quantitative estimate of drug-likeness (QED) is 0.855. The maximum atomic E-state index is 12.7. The number of carbonyl (C=O) groups excluding carboxylic acids is 1. The van der Waals surface area contributed by atoms with E-state index in [4.69, 9.17) is 16.7 Å². The molecule has 1 heterocycles. The van der Waals surface area contributed by atoms with E-state index in [2.05, 4.69) is 5.32 Å². The summed E-state index contributed by atoms with van der Waals surface area (Å²) in [5, 5.41) is 12.9. The Labute approximate surface area is 153 Å². The van der Waals surface area contributed by atoms with Gasteiger partial charge in [0.2, 0.25) is 0 Å². The number of carbonyl (C=O) groups is 2. The van der Waals surface area contributed by atoms with Crippen molar-refractivity contribution in [1.29, 1.82) is 0 Å². The van der Waals surface area contributed by atoms with E-state index in [-0.39, 0.29) is 24.0 Å². The standard InChI is InChI=1S/C19H25ClN2O3/c20-17-6-2-1-4-14(17)12-16-5-3-11-22(16)19(25)21-15-9-7-13(8-10-15)18(23)24/h1-2,4,6,13,15-16H,3,5,7-12H2,(H,21,25)(H,23,24). The molecule has 1 saturated carbocycles. The highest BCUT2D eigenvalue weighted by molar-refractivity contribution is 6.31. The maximum absolute atomic E-state index is 12.7. The van der Waals surface area contributed by atoms with E-state index in [0.717, 1.165) is 49.2 Å². The van der Waals surface area contributed by atoms with Gasteiger partial charge < -0.3 is 15.3 Å². The van der Waals surface area contributed by atoms with Crippen molar-refractivity contribution in [3.8, 4) is 0 Å². The average Bonchev–Trinajstić information content (AvgIpc) is 3.06. The Morgan fingerprint density at radius 2 is 1.88 bits per heavy atom. The summed E-state index contributed by atoms with van der Waals surface area (Å²) in [4.78, 5) is 25.6. The predicted octanol–water partition coefficient (Wildman–Crippen LogP) is 3.70. The van der Waals surface area contributed by atoms with Crippen LogP contribution >= 0.6 is 11.6 Å². The molecular formula is C19H25ClN2O3. The third kappa shape index (κ3) is 4.46. The van der Waals surface area contributed by atoms with E-state index < -0.39 is 5.97 Å². The van der Waals surface area contributed by atoms with Gasteiger partial charge in [0.25, 0.3) is 0 Å². The molecule has 25 heavy (non-hydrogen) atoms. The Kier molecular flexibility index (Phi) is 5.84. The normalized spacial score (nSPS) is 26.4. The number of aliphatic carboxylic acids is 1. The lowest BCUT2D eigenvalue weighted by Gasteiger charge is -2.31. The van der Waals surface area contributed by atoms with E-state index in [1.54, 1.807) is 0 Å². The summed E-state index contributed by atoms with van der Waals surface area (Å²) < 4.78 is 0. The molecule has 0 spiro atoms. The third-order valence-corrected chi connectivity index (χ3v) is 5.82. The van der Waals surface area contributed by atoms with Gasteiger partial charge in [-0.1, -0.05) is 29.8 Å². The number of rotatable bonds is 4. The number of carboxylic acids is 1. The molecule has 1 saturated heterocycles. The summed E-state index contributed by atoms with van der Waals surface area (Å²) in [6.45, 7) is 0.769. The molecule has 2 aliphatic rings. The van der Waals surface area contributed by atoms with Gasteiger partial charge in [-0.2, -0.15) is 0 Å². The Hall–Kier alpha value is -1.75. The first kappa shape index (κ1) is 18.1. The molecule has 3 rings (SSSR count). The van der Waals surface area contributed by atoms with Crippen LogP contribution in [-0.2, 0) is 11.2 Å². The number of hydrogen-bond acceptors (Lipinski definition) is 2. The first-order chi connectivity index (χ1) is 12.0. The minimum absolute atomic E-state index is 0.0201. The van der Waals surface area contributed by atoms with E-state index in [1.165, 1.54) is 0 Å².